The van der Waals surface area contributed by atoms with Crippen LogP contribution < -0.4 is 14.8 Å². The van der Waals surface area contributed by atoms with Gasteiger partial charge in [0.1, 0.15) is 0 Å². The average Bonchev–Trinajstić information content (AvgIpc) is 3.04. The van der Waals surface area contributed by atoms with E-state index in [-0.39, 0.29) is 5.91 Å². The van der Waals surface area contributed by atoms with Gasteiger partial charge in [0.25, 0.3) is 5.91 Å². The first-order chi connectivity index (χ1) is 14.5. The molecule has 3 rings (SSSR count). The summed E-state index contributed by atoms with van der Waals surface area (Å²) in [4.78, 5) is 15.3. The van der Waals surface area contributed by atoms with Gasteiger partial charge < -0.3 is 14.8 Å². The number of hydrogen-bond donors (Lipinski definition) is 1. The maximum Gasteiger partial charge on any atom is 0.255 e. The summed E-state index contributed by atoms with van der Waals surface area (Å²) >= 11 is 0. The zero-order chi connectivity index (χ0) is 21.7. The molecule has 1 amide bonds. The number of aromatic nitrogens is 2. The van der Waals surface area contributed by atoms with Crippen LogP contribution in [-0.4, -0.2) is 54.4 Å². The van der Waals surface area contributed by atoms with Gasteiger partial charge in [-0.2, -0.15) is 5.10 Å². The Morgan fingerprint density at radius 2 is 2.07 bits per heavy atom. The molecule has 1 saturated heterocycles. The van der Waals surface area contributed by atoms with Crippen LogP contribution >= 0.6 is 0 Å². The van der Waals surface area contributed by atoms with Gasteiger partial charge in [0.15, 0.2) is 11.5 Å². The fourth-order valence-corrected chi connectivity index (χ4v) is 4.35. The van der Waals surface area contributed by atoms with E-state index in [0.717, 1.165) is 44.7 Å². The van der Waals surface area contributed by atoms with Crippen molar-refractivity contribution in [3.8, 4) is 11.5 Å². The average molecular weight is 415 g/mol. The summed E-state index contributed by atoms with van der Waals surface area (Å²) in [6.45, 7) is 10.9. The van der Waals surface area contributed by atoms with Crippen molar-refractivity contribution < 1.29 is 14.3 Å². The highest BCUT2D eigenvalue weighted by atomic mass is 16.5. The van der Waals surface area contributed by atoms with Crippen molar-refractivity contribution >= 4 is 5.91 Å². The Morgan fingerprint density at radius 1 is 1.27 bits per heavy atom. The number of piperidine rings is 1. The largest absolute Gasteiger partial charge is 0.493 e. The summed E-state index contributed by atoms with van der Waals surface area (Å²) in [5, 5.41) is 7.75. The van der Waals surface area contributed by atoms with Crippen LogP contribution in [0.4, 0.5) is 0 Å². The maximum atomic E-state index is 12.8. The van der Waals surface area contributed by atoms with Gasteiger partial charge in [-0.25, -0.2) is 0 Å². The predicted molar refractivity (Wildman–Crippen MR) is 117 cm³/mol. The fraction of sp³-hybridized carbons (Fsp3) is 0.565. The van der Waals surface area contributed by atoms with E-state index in [1.807, 2.05) is 0 Å². The third-order valence-electron chi connectivity index (χ3n) is 6.01. The number of nitrogens with zero attached hydrogens (tertiary/aromatic N) is 3. The van der Waals surface area contributed by atoms with Crippen molar-refractivity contribution in [2.24, 2.45) is 5.92 Å². The molecule has 0 spiro atoms. The second-order valence-electron chi connectivity index (χ2n) is 7.96. The molecule has 1 atom stereocenters. The number of benzene rings is 1. The minimum atomic E-state index is -0.126. The van der Waals surface area contributed by atoms with E-state index in [0.29, 0.717) is 29.5 Å². The van der Waals surface area contributed by atoms with E-state index >= 15 is 0 Å². The molecule has 1 fully saturated rings. The zero-order valence-electron chi connectivity index (χ0n) is 18.8. The fourth-order valence-electron chi connectivity index (χ4n) is 4.35. The van der Waals surface area contributed by atoms with Crippen LogP contribution in [0, 0.1) is 19.8 Å². The topological polar surface area (TPSA) is 68.6 Å². The summed E-state index contributed by atoms with van der Waals surface area (Å²) < 4.78 is 12.8. The Bertz CT molecular complexity index is 878. The van der Waals surface area contributed by atoms with Crippen LogP contribution in [0.25, 0.3) is 0 Å². The van der Waals surface area contributed by atoms with Crippen LogP contribution in [0.5, 0.6) is 11.5 Å². The molecule has 0 saturated carbocycles. The molecule has 1 aromatic carbocycles. The lowest BCUT2D eigenvalue weighted by Crippen LogP contribution is -2.40. The summed E-state index contributed by atoms with van der Waals surface area (Å²) in [5.41, 5.74) is 4.22. The molecule has 2 heterocycles. The summed E-state index contributed by atoms with van der Waals surface area (Å²) in [6.07, 6.45) is 2.27. The highest BCUT2D eigenvalue weighted by Gasteiger charge is 2.24. The van der Waals surface area contributed by atoms with E-state index in [1.165, 1.54) is 11.3 Å². The molecule has 2 aromatic rings. The van der Waals surface area contributed by atoms with E-state index in [1.54, 1.807) is 32.4 Å². The second kappa shape index (κ2) is 9.98. The molecule has 164 valence electrons. The molecular formula is C23H34N4O3. The number of hydrogen-bond acceptors (Lipinski definition) is 5. The lowest BCUT2D eigenvalue weighted by Gasteiger charge is -2.33. The van der Waals surface area contributed by atoms with Gasteiger partial charge in [-0.15, -0.1) is 0 Å². The number of carbonyl (C=O) groups excluding carboxylic acids is 1. The van der Waals surface area contributed by atoms with E-state index in [9.17, 15) is 4.79 Å². The molecule has 7 nitrogen and oxygen atoms in total. The van der Waals surface area contributed by atoms with Crippen LogP contribution in [0.1, 0.15) is 47.1 Å². The smallest absolute Gasteiger partial charge is 0.255 e. The number of amides is 1. The maximum absolute atomic E-state index is 12.8. The molecular weight excluding hydrogens is 380 g/mol. The van der Waals surface area contributed by atoms with Crippen LogP contribution in [-0.2, 0) is 13.1 Å². The van der Waals surface area contributed by atoms with Gasteiger partial charge in [-0.1, -0.05) is 6.07 Å². The molecule has 0 radical (unpaired) electrons. The van der Waals surface area contributed by atoms with Gasteiger partial charge in [0.05, 0.1) is 25.5 Å². The zero-order valence-corrected chi connectivity index (χ0v) is 18.8. The third kappa shape index (κ3) is 4.78. The van der Waals surface area contributed by atoms with Crippen molar-refractivity contribution in [2.45, 2.75) is 46.7 Å². The standard InChI is InChI=1S/C23H34N4O3/c1-6-27-17(3)20(16(2)25-27)15-26-12-8-9-18(14-26)13-24-23(28)19-10-7-11-21(29-4)22(19)30-5/h7,10-11,18H,6,8-9,12-15H2,1-5H3,(H,24,28)/t18-/m0/s1. The molecule has 30 heavy (non-hydrogen) atoms. The quantitative estimate of drug-likeness (QED) is 0.719. The number of carbonyl (C=O) groups is 1. The number of ether oxygens (including phenoxy) is 2. The SMILES string of the molecule is CCn1nc(C)c(CN2CCC[C@@H](CNC(=O)c3cccc(OC)c3OC)C2)c1C. The highest BCUT2D eigenvalue weighted by molar-refractivity contribution is 5.97. The minimum absolute atomic E-state index is 0.126. The number of nitrogens with one attached hydrogen (secondary N) is 1. The predicted octanol–water partition coefficient (Wildman–Crippen LogP) is 3.18. The Hall–Kier alpha value is -2.54. The highest BCUT2D eigenvalue weighted by Crippen LogP contribution is 2.30. The number of aryl methyl sites for hydroxylation is 2. The van der Waals surface area contributed by atoms with E-state index < -0.39 is 0 Å². The Morgan fingerprint density at radius 3 is 2.73 bits per heavy atom. The van der Waals surface area contributed by atoms with Crippen molar-refractivity contribution in [3.63, 3.8) is 0 Å². The van der Waals surface area contributed by atoms with Crippen LogP contribution in [0.3, 0.4) is 0 Å². The lowest BCUT2D eigenvalue weighted by molar-refractivity contribution is 0.0927. The van der Waals surface area contributed by atoms with Crippen molar-refractivity contribution in [3.05, 3.63) is 40.7 Å². The number of rotatable bonds is 8. The minimum Gasteiger partial charge on any atom is -0.493 e. The van der Waals surface area contributed by atoms with Gasteiger partial charge in [-0.05, 0) is 58.2 Å². The Labute approximate surface area is 179 Å². The van der Waals surface area contributed by atoms with Gasteiger partial charge >= 0.3 is 0 Å². The first-order valence-corrected chi connectivity index (χ1v) is 10.7. The van der Waals surface area contributed by atoms with E-state index in [4.69, 9.17) is 9.47 Å². The van der Waals surface area contributed by atoms with E-state index in [2.05, 4.69) is 40.8 Å². The number of likely N-dealkylation sites (tertiary alicyclic amines) is 1. The Kier molecular flexibility index (Phi) is 7.37. The van der Waals surface area contributed by atoms with Gasteiger partial charge in [-0.3, -0.25) is 14.4 Å². The molecule has 0 aliphatic carbocycles. The molecule has 7 heteroatoms. The molecule has 1 aliphatic heterocycles. The first-order valence-electron chi connectivity index (χ1n) is 10.7. The van der Waals surface area contributed by atoms with Crippen molar-refractivity contribution in [2.75, 3.05) is 33.9 Å². The van der Waals surface area contributed by atoms with Crippen molar-refractivity contribution in [1.82, 2.24) is 20.0 Å². The van der Waals surface area contributed by atoms with Crippen LogP contribution in [0.2, 0.25) is 0 Å². The summed E-state index contributed by atoms with van der Waals surface area (Å²) in [7, 11) is 3.13. The molecule has 1 aromatic heterocycles. The normalized spacial score (nSPS) is 17.0. The lowest BCUT2D eigenvalue weighted by atomic mass is 9.97. The number of methoxy groups -OCH3 is 2. The first kappa shape index (κ1) is 22.2. The monoisotopic (exact) mass is 414 g/mol. The third-order valence-corrected chi connectivity index (χ3v) is 6.01. The van der Waals surface area contributed by atoms with Gasteiger partial charge in [0.2, 0.25) is 0 Å². The van der Waals surface area contributed by atoms with Crippen molar-refractivity contribution in [1.29, 1.82) is 0 Å². The summed E-state index contributed by atoms with van der Waals surface area (Å²) in [6, 6.07) is 5.36. The molecule has 0 unspecified atom stereocenters. The summed E-state index contributed by atoms with van der Waals surface area (Å²) in [5.74, 6) is 1.34. The Balaban J connectivity index is 1.59. The van der Waals surface area contributed by atoms with Gasteiger partial charge in [0, 0.05) is 37.4 Å². The molecule has 0 bridgehead atoms. The molecule has 1 N–H and O–H groups in total. The number of para-hydroxylation sites is 1. The van der Waals surface area contributed by atoms with Crippen LogP contribution in [0.15, 0.2) is 18.2 Å². The second-order valence-corrected chi connectivity index (χ2v) is 7.96. The molecule has 1 aliphatic rings.